The minimum atomic E-state index is 1.01. The van der Waals surface area contributed by atoms with Crippen molar-refractivity contribution in [1.82, 2.24) is 0 Å². The van der Waals surface area contributed by atoms with Crippen LogP contribution in [0.5, 0.6) is 0 Å². The van der Waals surface area contributed by atoms with E-state index in [2.05, 4.69) is 53.3 Å². The fraction of sp³-hybridized carbons (Fsp3) is 0.333. The fourth-order valence-electron chi connectivity index (χ4n) is 1.96. The Labute approximate surface area is 108 Å². The standard InChI is InChI=1S/C15H19NS/c1-2-5-14-6-3-4-7-15(14)16-10-8-13-9-11-17-12-13/h3-4,6-7,9,11-12,16H,2,5,8,10H2,1H3. The average molecular weight is 245 g/mol. The predicted molar refractivity (Wildman–Crippen MR) is 76.9 cm³/mol. The first-order valence-electron chi connectivity index (χ1n) is 6.23. The second kappa shape index (κ2) is 6.45. The molecule has 0 bridgehead atoms. The molecule has 0 fully saturated rings. The lowest BCUT2D eigenvalue weighted by atomic mass is 10.1. The quantitative estimate of drug-likeness (QED) is 0.797. The van der Waals surface area contributed by atoms with Crippen molar-refractivity contribution in [2.75, 3.05) is 11.9 Å². The molecule has 0 radical (unpaired) electrons. The zero-order chi connectivity index (χ0) is 11.9. The highest BCUT2D eigenvalue weighted by molar-refractivity contribution is 7.07. The molecular weight excluding hydrogens is 226 g/mol. The highest BCUT2D eigenvalue weighted by atomic mass is 32.1. The smallest absolute Gasteiger partial charge is 0.0372 e. The van der Waals surface area contributed by atoms with E-state index in [4.69, 9.17) is 0 Å². The minimum absolute atomic E-state index is 1.01. The SMILES string of the molecule is CCCc1ccccc1NCCc1ccsc1. The number of aryl methyl sites for hydroxylation is 1. The van der Waals surface area contributed by atoms with Crippen LogP contribution in [0.3, 0.4) is 0 Å². The van der Waals surface area contributed by atoms with Crippen LogP contribution in [0.4, 0.5) is 5.69 Å². The van der Waals surface area contributed by atoms with Crippen molar-refractivity contribution < 1.29 is 0 Å². The van der Waals surface area contributed by atoms with E-state index >= 15 is 0 Å². The van der Waals surface area contributed by atoms with Gasteiger partial charge in [0.25, 0.3) is 0 Å². The summed E-state index contributed by atoms with van der Waals surface area (Å²) >= 11 is 1.77. The molecule has 0 saturated carbocycles. The second-order valence-corrected chi connectivity index (χ2v) is 5.00. The van der Waals surface area contributed by atoms with Crippen LogP contribution in [0, 0.1) is 0 Å². The first kappa shape index (κ1) is 12.2. The van der Waals surface area contributed by atoms with Gasteiger partial charge in [0.1, 0.15) is 0 Å². The van der Waals surface area contributed by atoms with Crippen molar-refractivity contribution in [3.05, 3.63) is 52.2 Å². The molecule has 0 aliphatic heterocycles. The number of para-hydroxylation sites is 1. The first-order valence-corrected chi connectivity index (χ1v) is 7.17. The van der Waals surface area contributed by atoms with Gasteiger partial charge in [-0.1, -0.05) is 31.5 Å². The number of hydrogen-bond donors (Lipinski definition) is 1. The molecule has 90 valence electrons. The van der Waals surface area contributed by atoms with E-state index in [9.17, 15) is 0 Å². The van der Waals surface area contributed by atoms with Gasteiger partial charge in [-0.15, -0.1) is 0 Å². The molecular formula is C15H19NS. The van der Waals surface area contributed by atoms with E-state index in [0.717, 1.165) is 19.4 Å². The van der Waals surface area contributed by atoms with Crippen molar-refractivity contribution in [1.29, 1.82) is 0 Å². The van der Waals surface area contributed by atoms with Gasteiger partial charge in [0.2, 0.25) is 0 Å². The minimum Gasteiger partial charge on any atom is -0.384 e. The molecule has 17 heavy (non-hydrogen) atoms. The van der Waals surface area contributed by atoms with E-state index in [0.29, 0.717) is 0 Å². The third kappa shape index (κ3) is 3.60. The van der Waals surface area contributed by atoms with E-state index in [1.165, 1.54) is 23.2 Å². The monoisotopic (exact) mass is 245 g/mol. The molecule has 1 N–H and O–H groups in total. The van der Waals surface area contributed by atoms with Gasteiger partial charge in [0.15, 0.2) is 0 Å². The van der Waals surface area contributed by atoms with Gasteiger partial charge in [-0.05, 0) is 46.9 Å². The van der Waals surface area contributed by atoms with Gasteiger partial charge < -0.3 is 5.32 Å². The normalized spacial score (nSPS) is 10.4. The number of anilines is 1. The summed E-state index contributed by atoms with van der Waals surface area (Å²) in [4.78, 5) is 0. The van der Waals surface area contributed by atoms with Gasteiger partial charge in [-0.2, -0.15) is 11.3 Å². The maximum Gasteiger partial charge on any atom is 0.0372 e. The Morgan fingerprint density at radius 1 is 1.12 bits per heavy atom. The number of nitrogens with one attached hydrogen (secondary N) is 1. The molecule has 0 amide bonds. The molecule has 2 aromatic rings. The molecule has 0 saturated heterocycles. The number of rotatable bonds is 6. The third-order valence-corrected chi connectivity index (χ3v) is 3.58. The Morgan fingerprint density at radius 2 is 2.00 bits per heavy atom. The summed E-state index contributed by atoms with van der Waals surface area (Å²) < 4.78 is 0. The zero-order valence-corrected chi connectivity index (χ0v) is 11.1. The largest absolute Gasteiger partial charge is 0.384 e. The van der Waals surface area contributed by atoms with Crippen molar-refractivity contribution >= 4 is 17.0 Å². The Kier molecular flexibility index (Phi) is 4.63. The average Bonchev–Trinajstić information content (AvgIpc) is 2.85. The summed E-state index contributed by atoms with van der Waals surface area (Å²) in [6.45, 7) is 3.24. The Hall–Kier alpha value is -1.28. The molecule has 1 aromatic heterocycles. The lowest BCUT2D eigenvalue weighted by molar-refractivity contribution is 0.917. The van der Waals surface area contributed by atoms with Gasteiger partial charge in [0, 0.05) is 12.2 Å². The summed E-state index contributed by atoms with van der Waals surface area (Å²) in [6.07, 6.45) is 3.45. The summed E-state index contributed by atoms with van der Waals surface area (Å²) in [5.41, 5.74) is 4.15. The van der Waals surface area contributed by atoms with Crippen LogP contribution in [-0.2, 0) is 12.8 Å². The van der Waals surface area contributed by atoms with Crippen LogP contribution in [0.15, 0.2) is 41.1 Å². The maximum absolute atomic E-state index is 3.54. The highest BCUT2D eigenvalue weighted by Crippen LogP contribution is 2.17. The molecule has 0 spiro atoms. The topological polar surface area (TPSA) is 12.0 Å². The molecule has 2 rings (SSSR count). The highest BCUT2D eigenvalue weighted by Gasteiger charge is 2.00. The molecule has 1 nitrogen and oxygen atoms in total. The van der Waals surface area contributed by atoms with Gasteiger partial charge in [-0.3, -0.25) is 0 Å². The van der Waals surface area contributed by atoms with Gasteiger partial charge >= 0.3 is 0 Å². The van der Waals surface area contributed by atoms with E-state index in [-0.39, 0.29) is 0 Å². The van der Waals surface area contributed by atoms with Crippen molar-refractivity contribution in [2.24, 2.45) is 0 Å². The third-order valence-electron chi connectivity index (χ3n) is 2.85. The molecule has 0 unspecified atom stereocenters. The Bertz CT molecular complexity index is 434. The fourth-order valence-corrected chi connectivity index (χ4v) is 2.66. The van der Waals surface area contributed by atoms with Crippen LogP contribution in [0.2, 0.25) is 0 Å². The van der Waals surface area contributed by atoms with E-state index < -0.39 is 0 Å². The van der Waals surface area contributed by atoms with Crippen LogP contribution in [0.1, 0.15) is 24.5 Å². The molecule has 1 heterocycles. The van der Waals surface area contributed by atoms with E-state index in [1.807, 2.05) is 0 Å². The van der Waals surface area contributed by atoms with Crippen molar-refractivity contribution in [3.63, 3.8) is 0 Å². The molecule has 2 heteroatoms. The number of benzene rings is 1. The van der Waals surface area contributed by atoms with Crippen LogP contribution in [-0.4, -0.2) is 6.54 Å². The van der Waals surface area contributed by atoms with E-state index in [1.54, 1.807) is 11.3 Å². The van der Waals surface area contributed by atoms with Crippen molar-refractivity contribution in [3.8, 4) is 0 Å². The lowest BCUT2D eigenvalue weighted by Crippen LogP contribution is -2.06. The Balaban J connectivity index is 1.89. The second-order valence-electron chi connectivity index (χ2n) is 4.22. The maximum atomic E-state index is 3.54. The van der Waals surface area contributed by atoms with Crippen LogP contribution < -0.4 is 5.32 Å². The number of thiophene rings is 1. The first-order chi connectivity index (χ1) is 8.40. The van der Waals surface area contributed by atoms with Gasteiger partial charge in [0.05, 0.1) is 0 Å². The summed E-state index contributed by atoms with van der Waals surface area (Å²) in [7, 11) is 0. The molecule has 0 atom stereocenters. The molecule has 1 aromatic carbocycles. The number of hydrogen-bond acceptors (Lipinski definition) is 2. The summed E-state index contributed by atoms with van der Waals surface area (Å²) in [5.74, 6) is 0. The van der Waals surface area contributed by atoms with Crippen LogP contribution in [0.25, 0.3) is 0 Å². The molecule has 0 aliphatic rings. The van der Waals surface area contributed by atoms with Crippen LogP contribution >= 0.6 is 11.3 Å². The lowest BCUT2D eigenvalue weighted by Gasteiger charge is -2.10. The predicted octanol–water partition coefficient (Wildman–Crippen LogP) is 4.36. The summed E-state index contributed by atoms with van der Waals surface area (Å²) in [5, 5.41) is 7.90. The van der Waals surface area contributed by atoms with Crippen molar-refractivity contribution in [2.45, 2.75) is 26.2 Å². The zero-order valence-electron chi connectivity index (χ0n) is 10.3. The Morgan fingerprint density at radius 3 is 2.76 bits per heavy atom. The molecule has 0 aliphatic carbocycles. The summed E-state index contributed by atoms with van der Waals surface area (Å²) in [6, 6.07) is 10.8. The van der Waals surface area contributed by atoms with Gasteiger partial charge in [-0.25, -0.2) is 0 Å².